The molecule has 0 aliphatic rings. The second-order valence-electron chi connectivity index (χ2n) is 5.82. The third-order valence-corrected chi connectivity index (χ3v) is 4.16. The minimum atomic E-state index is 0.661. The van der Waals surface area contributed by atoms with Crippen LogP contribution in [0.25, 0.3) is 27.8 Å². The van der Waals surface area contributed by atoms with E-state index < -0.39 is 0 Å². The van der Waals surface area contributed by atoms with E-state index in [-0.39, 0.29) is 0 Å². The van der Waals surface area contributed by atoms with E-state index in [0.29, 0.717) is 6.41 Å². The summed E-state index contributed by atoms with van der Waals surface area (Å²) < 4.78 is 1.80. The van der Waals surface area contributed by atoms with Crippen molar-refractivity contribution < 1.29 is 4.79 Å². The highest BCUT2D eigenvalue weighted by Gasteiger charge is 2.08. The van der Waals surface area contributed by atoms with Gasteiger partial charge in [0.1, 0.15) is 0 Å². The molecule has 122 valence electrons. The third-order valence-electron chi connectivity index (χ3n) is 4.16. The number of nitrogens with one attached hydrogen (secondary N) is 1. The SMILES string of the molecule is Cc1cc(-c2cnn(-c3ccc(NC=O)cc3)c2)nc2ccccc12. The van der Waals surface area contributed by atoms with Gasteiger partial charge < -0.3 is 5.32 Å². The van der Waals surface area contributed by atoms with Gasteiger partial charge in [0, 0.05) is 22.8 Å². The Morgan fingerprint density at radius 3 is 2.68 bits per heavy atom. The van der Waals surface area contributed by atoms with Gasteiger partial charge in [-0.15, -0.1) is 0 Å². The normalized spacial score (nSPS) is 10.8. The summed E-state index contributed by atoms with van der Waals surface area (Å²) in [5, 5.41) is 8.22. The standard InChI is InChI=1S/C20H16N4O/c1-14-10-20(23-19-5-3-2-4-18(14)19)15-11-22-24(12-15)17-8-6-16(7-9-17)21-13-25/h2-13H,1H3,(H,21,25). The molecule has 0 unspecified atom stereocenters. The molecule has 4 aromatic rings. The number of carbonyl (C=O) groups is 1. The number of benzene rings is 2. The molecule has 2 aromatic carbocycles. The Morgan fingerprint density at radius 1 is 1.08 bits per heavy atom. The molecular weight excluding hydrogens is 312 g/mol. The number of hydrogen-bond acceptors (Lipinski definition) is 3. The Balaban J connectivity index is 1.70. The summed E-state index contributed by atoms with van der Waals surface area (Å²) in [5.74, 6) is 0. The fraction of sp³-hybridized carbons (Fsp3) is 0.0500. The molecule has 0 aliphatic carbocycles. The number of aromatic nitrogens is 3. The quantitative estimate of drug-likeness (QED) is 0.577. The van der Waals surface area contributed by atoms with Gasteiger partial charge in [0.25, 0.3) is 0 Å². The van der Waals surface area contributed by atoms with Crippen LogP contribution in [0.2, 0.25) is 0 Å². The third kappa shape index (κ3) is 2.87. The summed E-state index contributed by atoms with van der Waals surface area (Å²) in [4.78, 5) is 15.2. The van der Waals surface area contributed by atoms with Crippen LogP contribution in [-0.4, -0.2) is 21.2 Å². The van der Waals surface area contributed by atoms with Crippen LogP contribution in [0.15, 0.2) is 67.0 Å². The Morgan fingerprint density at radius 2 is 1.88 bits per heavy atom. The second kappa shape index (κ2) is 6.20. The zero-order chi connectivity index (χ0) is 17.2. The average Bonchev–Trinajstić information content (AvgIpc) is 3.13. The maximum Gasteiger partial charge on any atom is 0.211 e. The zero-order valence-electron chi connectivity index (χ0n) is 13.7. The molecule has 0 fully saturated rings. The van der Waals surface area contributed by atoms with Crippen LogP contribution >= 0.6 is 0 Å². The van der Waals surface area contributed by atoms with E-state index in [1.165, 1.54) is 5.56 Å². The number of amides is 1. The maximum atomic E-state index is 10.5. The predicted molar refractivity (Wildman–Crippen MR) is 98.7 cm³/mol. The number of anilines is 1. The minimum absolute atomic E-state index is 0.661. The van der Waals surface area contributed by atoms with Gasteiger partial charge in [0.15, 0.2) is 0 Å². The largest absolute Gasteiger partial charge is 0.329 e. The molecule has 1 amide bonds. The first-order valence-electron chi connectivity index (χ1n) is 7.97. The maximum absolute atomic E-state index is 10.5. The van der Waals surface area contributed by atoms with Crippen molar-refractivity contribution in [3.8, 4) is 16.9 Å². The molecule has 2 aromatic heterocycles. The monoisotopic (exact) mass is 328 g/mol. The number of fused-ring (bicyclic) bond motifs is 1. The molecule has 0 radical (unpaired) electrons. The Labute approximate surface area is 144 Å². The van der Waals surface area contributed by atoms with Crippen molar-refractivity contribution in [2.45, 2.75) is 6.92 Å². The summed E-state index contributed by atoms with van der Waals surface area (Å²) >= 11 is 0. The van der Waals surface area contributed by atoms with E-state index in [2.05, 4.69) is 29.5 Å². The summed E-state index contributed by atoms with van der Waals surface area (Å²) in [5.41, 5.74) is 5.70. The van der Waals surface area contributed by atoms with Crippen molar-refractivity contribution >= 4 is 23.0 Å². The fourth-order valence-corrected chi connectivity index (χ4v) is 2.87. The van der Waals surface area contributed by atoms with Gasteiger partial charge in [-0.25, -0.2) is 9.67 Å². The lowest BCUT2D eigenvalue weighted by atomic mass is 10.1. The van der Waals surface area contributed by atoms with Crippen LogP contribution in [0.5, 0.6) is 0 Å². The lowest BCUT2D eigenvalue weighted by Crippen LogP contribution is -1.96. The summed E-state index contributed by atoms with van der Waals surface area (Å²) in [6.45, 7) is 2.09. The molecule has 0 bridgehead atoms. The van der Waals surface area contributed by atoms with Gasteiger partial charge in [0.2, 0.25) is 6.41 Å². The number of aryl methyl sites for hydroxylation is 1. The number of carbonyl (C=O) groups excluding carboxylic acids is 1. The first-order valence-corrected chi connectivity index (χ1v) is 7.97. The van der Waals surface area contributed by atoms with Crippen LogP contribution in [0.3, 0.4) is 0 Å². The van der Waals surface area contributed by atoms with Crippen molar-refractivity contribution in [3.63, 3.8) is 0 Å². The second-order valence-corrected chi connectivity index (χ2v) is 5.82. The fourth-order valence-electron chi connectivity index (χ4n) is 2.87. The van der Waals surface area contributed by atoms with Crippen molar-refractivity contribution in [2.24, 2.45) is 0 Å². The van der Waals surface area contributed by atoms with Crippen LogP contribution in [0.1, 0.15) is 5.56 Å². The first kappa shape index (κ1) is 15.1. The number of nitrogens with zero attached hydrogens (tertiary/aromatic N) is 3. The van der Waals surface area contributed by atoms with Gasteiger partial charge in [-0.05, 0) is 48.9 Å². The summed E-state index contributed by atoms with van der Waals surface area (Å²) in [7, 11) is 0. The highest BCUT2D eigenvalue weighted by molar-refractivity contribution is 5.84. The molecule has 25 heavy (non-hydrogen) atoms. The summed E-state index contributed by atoms with van der Waals surface area (Å²) in [6, 6.07) is 17.7. The molecule has 4 rings (SSSR count). The molecule has 0 saturated heterocycles. The highest BCUT2D eigenvalue weighted by atomic mass is 16.1. The van der Waals surface area contributed by atoms with Gasteiger partial charge in [0.05, 0.1) is 23.1 Å². The lowest BCUT2D eigenvalue weighted by Gasteiger charge is -2.05. The molecule has 0 saturated carbocycles. The van der Waals surface area contributed by atoms with Gasteiger partial charge in [-0.2, -0.15) is 5.10 Å². The average molecular weight is 328 g/mol. The first-order chi connectivity index (χ1) is 12.2. The number of para-hydroxylation sites is 1. The summed E-state index contributed by atoms with van der Waals surface area (Å²) in [6.07, 6.45) is 4.43. The predicted octanol–water partition coefficient (Wildman–Crippen LogP) is 3.96. The molecule has 1 N–H and O–H groups in total. The van der Waals surface area contributed by atoms with E-state index >= 15 is 0 Å². The molecule has 5 heteroatoms. The molecule has 0 spiro atoms. The molecule has 5 nitrogen and oxygen atoms in total. The van der Waals surface area contributed by atoms with Crippen LogP contribution < -0.4 is 5.32 Å². The van der Waals surface area contributed by atoms with E-state index in [1.807, 2.05) is 54.9 Å². The molecule has 0 atom stereocenters. The van der Waals surface area contributed by atoms with Crippen LogP contribution in [-0.2, 0) is 4.79 Å². The van der Waals surface area contributed by atoms with Crippen LogP contribution in [0, 0.1) is 6.92 Å². The van der Waals surface area contributed by atoms with E-state index in [0.717, 1.165) is 33.5 Å². The van der Waals surface area contributed by atoms with Crippen molar-refractivity contribution in [2.75, 3.05) is 5.32 Å². The smallest absolute Gasteiger partial charge is 0.211 e. The number of hydrogen-bond donors (Lipinski definition) is 1. The van der Waals surface area contributed by atoms with E-state index in [4.69, 9.17) is 4.98 Å². The highest BCUT2D eigenvalue weighted by Crippen LogP contribution is 2.24. The van der Waals surface area contributed by atoms with Gasteiger partial charge in [-0.1, -0.05) is 18.2 Å². The van der Waals surface area contributed by atoms with Gasteiger partial charge >= 0.3 is 0 Å². The van der Waals surface area contributed by atoms with E-state index in [1.54, 1.807) is 4.68 Å². The molecule has 2 heterocycles. The van der Waals surface area contributed by atoms with E-state index in [9.17, 15) is 4.79 Å². The van der Waals surface area contributed by atoms with Crippen molar-refractivity contribution in [1.82, 2.24) is 14.8 Å². The Hall–Kier alpha value is -3.47. The number of rotatable bonds is 4. The van der Waals surface area contributed by atoms with Gasteiger partial charge in [-0.3, -0.25) is 4.79 Å². The van der Waals surface area contributed by atoms with Crippen molar-refractivity contribution in [3.05, 3.63) is 72.6 Å². The number of pyridine rings is 1. The molecular formula is C20H16N4O. The molecule has 0 aliphatic heterocycles. The van der Waals surface area contributed by atoms with Crippen molar-refractivity contribution in [1.29, 1.82) is 0 Å². The Kier molecular flexibility index (Phi) is 3.74. The Bertz CT molecular complexity index is 1050. The topological polar surface area (TPSA) is 59.8 Å². The van der Waals surface area contributed by atoms with Crippen LogP contribution in [0.4, 0.5) is 5.69 Å². The minimum Gasteiger partial charge on any atom is -0.329 e. The zero-order valence-corrected chi connectivity index (χ0v) is 13.7. The lowest BCUT2D eigenvalue weighted by molar-refractivity contribution is -0.105.